The first-order valence-electron chi connectivity index (χ1n) is 13.3. The second-order valence-corrected chi connectivity index (χ2v) is 9.78. The minimum absolute atomic E-state index is 0.193. The predicted octanol–water partition coefficient (Wildman–Crippen LogP) is 3.21. The van der Waals surface area contributed by atoms with E-state index in [1.807, 2.05) is 30.3 Å². The van der Waals surface area contributed by atoms with E-state index in [2.05, 4.69) is 36.2 Å². The molecule has 1 saturated heterocycles. The number of benzene rings is 2. The molecule has 1 unspecified atom stereocenters. The van der Waals surface area contributed by atoms with Gasteiger partial charge in [-0.1, -0.05) is 36.4 Å². The molecule has 2 aromatic heterocycles. The Hall–Kier alpha value is -4.95. The van der Waals surface area contributed by atoms with Gasteiger partial charge in [-0.15, -0.1) is 15.8 Å². The normalized spacial score (nSPS) is 16.4. The molecule has 2 aliphatic rings. The second-order valence-electron chi connectivity index (χ2n) is 9.78. The van der Waals surface area contributed by atoms with E-state index in [0.717, 1.165) is 5.56 Å². The number of nitrogens with zero attached hydrogens (tertiary/aromatic N) is 6. The number of piperazine rings is 1. The van der Waals surface area contributed by atoms with E-state index in [0.29, 0.717) is 59.6 Å². The number of anilines is 1. The van der Waals surface area contributed by atoms with Gasteiger partial charge in [0.1, 0.15) is 16.9 Å². The highest BCUT2D eigenvalue weighted by molar-refractivity contribution is 5.93. The maximum absolute atomic E-state index is 13.4. The van der Waals surface area contributed by atoms with Crippen molar-refractivity contribution in [3.8, 4) is 11.6 Å². The van der Waals surface area contributed by atoms with Crippen LogP contribution in [-0.2, 0) is 4.79 Å². The van der Waals surface area contributed by atoms with Crippen LogP contribution in [0.3, 0.4) is 0 Å². The summed E-state index contributed by atoms with van der Waals surface area (Å²) in [5, 5.41) is 7.21. The van der Waals surface area contributed by atoms with Gasteiger partial charge < -0.3 is 14.6 Å². The smallest absolute Gasteiger partial charge is 0.344 e. The number of hydrazine groups is 2. The van der Waals surface area contributed by atoms with E-state index in [4.69, 9.17) is 4.42 Å². The van der Waals surface area contributed by atoms with Crippen LogP contribution in [0.2, 0.25) is 0 Å². The van der Waals surface area contributed by atoms with Gasteiger partial charge in [0.25, 0.3) is 5.91 Å². The van der Waals surface area contributed by atoms with Crippen molar-refractivity contribution in [2.45, 2.75) is 19.5 Å². The molecule has 14 heteroatoms. The maximum Gasteiger partial charge on any atom is 0.344 e. The quantitative estimate of drug-likeness (QED) is 0.284. The zero-order valence-corrected chi connectivity index (χ0v) is 22.5. The van der Waals surface area contributed by atoms with Crippen LogP contribution < -0.4 is 16.3 Å². The van der Waals surface area contributed by atoms with Crippen LogP contribution in [0.25, 0.3) is 22.7 Å². The van der Waals surface area contributed by atoms with Crippen LogP contribution in [-0.4, -0.2) is 75.3 Å². The van der Waals surface area contributed by atoms with Gasteiger partial charge in [0, 0.05) is 38.8 Å². The minimum atomic E-state index is -2.81. The highest BCUT2D eigenvalue weighted by atomic mass is 19.3. The lowest BCUT2D eigenvalue weighted by molar-refractivity contribution is -0.114. The number of halogens is 2. The summed E-state index contributed by atoms with van der Waals surface area (Å²) in [6.45, 7) is 0.406. The van der Waals surface area contributed by atoms with Gasteiger partial charge in [0.2, 0.25) is 11.8 Å². The average molecular weight is 576 g/mol. The number of rotatable bonds is 7. The number of hydrazone groups is 1. The molecule has 1 fully saturated rings. The van der Waals surface area contributed by atoms with Crippen molar-refractivity contribution < 1.29 is 22.8 Å². The fraction of sp³-hybridized carbons (Fsp3) is 0.250. The Morgan fingerprint density at radius 1 is 0.976 bits per heavy atom. The molecule has 0 spiro atoms. The van der Waals surface area contributed by atoms with Gasteiger partial charge in [-0.2, -0.15) is 8.78 Å². The maximum atomic E-state index is 13.4. The van der Waals surface area contributed by atoms with Gasteiger partial charge in [-0.25, -0.2) is 9.97 Å². The van der Waals surface area contributed by atoms with E-state index in [-0.39, 0.29) is 23.4 Å². The SMILES string of the molecule is CC(=O)Nc1ccc2oc(-c3cccc(C(=O)N4CCN(C(C5=NN(C(F)F)NN5)c5ccccc5)CC4)n3)nc2c1. The number of fused-ring (bicyclic) bond motifs is 1. The van der Waals surface area contributed by atoms with Crippen molar-refractivity contribution in [3.05, 3.63) is 78.0 Å². The molecule has 2 aromatic carbocycles. The van der Waals surface area contributed by atoms with Crippen LogP contribution in [0.5, 0.6) is 0 Å². The van der Waals surface area contributed by atoms with Crippen molar-refractivity contribution >= 4 is 34.4 Å². The molecular weight excluding hydrogens is 548 g/mol. The summed E-state index contributed by atoms with van der Waals surface area (Å²) in [6.07, 6.45) is 0. The van der Waals surface area contributed by atoms with Crippen molar-refractivity contribution in [1.82, 2.24) is 35.8 Å². The number of hydrogen-bond donors (Lipinski definition) is 3. The molecule has 4 heterocycles. The van der Waals surface area contributed by atoms with E-state index in [1.165, 1.54) is 6.92 Å². The molecule has 42 heavy (non-hydrogen) atoms. The number of amidine groups is 1. The van der Waals surface area contributed by atoms with E-state index < -0.39 is 12.6 Å². The monoisotopic (exact) mass is 575 g/mol. The lowest BCUT2D eigenvalue weighted by atomic mass is 10.0. The Morgan fingerprint density at radius 3 is 2.48 bits per heavy atom. The highest BCUT2D eigenvalue weighted by Crippen LogP contribution is 2.27. The summed E-state index contributed by atoms with van der Waals surface area (Å²) in [6, 6.07) is 19.3. The molecule has 0 saturated carbocycles. The van der Waals surface area contributed by atoms with E-state index in [1.54, 1.807) is 41.3 Å². The number of nitrogens with one attached hydrogen (secondary N) is 3. The lowest BCUT2D eigenvalue weighted by Crippen LogP contribution is -2.53. The average Bonchev–Trinajstić information content (AvgIpc) is 3.66. The molecule has 12 nitrogen and oxygen atoms in total. The van der Waals surface area contributed by atoms with Crippen molar-refractivity contribution in [2.75, 3.05) is 31.5 Å². The van der Waals surface area contributed by atoms with E-state index >= 15 is 0 Å². The number of carbonyl (C=O) groups excluding carboxylic acids is 2. The summed E-state index contributed by atoms with van der Waals surface area (Å²) in [7, 11) is 0. The molecule has 0 bridgehead atoms. The standard InChI is InChI=1S/C28H27F2N9O3/c1-17(40)31-19-10-11-23-22(16-19)33-26(42-23)20-8-5-9-21(32-20)27(41)38-14-12-37(13-15-38)24(18-6-3-2-4-7-18)25-34-36-39(35-25)28(29)30/h2-11,16,24,28,36H,12-15H2,1H3,(H,31,40)(H,34,35). The first kappa shape index (κ1) is 27.2. The number of pyridine rings is 1. The van der Waals surface area contributed by atoms with Gasteiger partial charge in [0.05, 0.1) is 6.04 Å². The van der Waals surface area contributed by atoms with Gasteiger partial charge in [-0.3, -0.25) is 19.9 Å². The highest BCUT2D eigenvalue weighted by Gasteiger charge is 2.34. The number of alkyl halides is 2. The first-order valence-corrected chi connectivity index (χ1v) is 13.3. The number of carbonyl (C=O) groups is 2. The van der Waals surface area contributed by atoms with Crippen molar-refractivity contribution in [2.24, 2.45) is 5.10 Å². The third kappa shape index (κ3) is 5.62. The summed E-state index contributed by atoms with van der Waals surface area (Å²) < 4.78 is 32.3. The molecule has 0 aliphatic carbocycles. The summed E-state index contributed by atoms with van der Waals surface area (Å²) in [5.41, 5.74) is 8.36. The Morgan fingerprint density at radius 2 is 1.76 bits per heavy atom. The predicted molar refractivity (Wildman–Crippen MR) is 150 cm³/mol. The first-order chi connectivity index (χ1) is 20.4. The van der Waals surface area contributed by atoms with E-state index in [9.17, 15) is 18.4 Å². The molecular formula is C28H27F2N9O3. The summed E-state index contributed by atoms with van der Waals surface area (Å²) in [5.74, 6) is 0.171. The summed E-state index contributed by atoms with van der Waals surface area (Å²) >= 11 is 0. The fourth-order valence-corrected chi connectivity index (χ4v) is 5.01. The molecule has 6 rings (SSSR count). The van der Waals surface area contributed by atoms with Gasteiger partial charge in [0.15, 0.2) is 11.4 Å². The Kier molecular flexibility index (Phi) is 7.46. The second kappa shape index (κ2) is 11.5. The fourth-order valence-electron chi connectivity index (χ4n) is 5.01. The Balaban J connectivity index is 1.17. The molecule has 4 aromatic rings. The van der Waals surface area contributed by atoms with Gasteiger partial charge >= 0.3 is 6.55 Å². The zero-order chi connectivity index (χ0) is 29.2. The zero-order valence-electron chi connectivity index (χ0n) is 22.5. The largest absolute Gasteiger partial charge is 0.435 e. The molecule has 0 radical (unpaired) electrons. The van der Waals surface area contributed by atoms with Crippen LogP contribution in [0.4, 0.5) is 14.5 Å². The Labute approximate surface area is 238 Å². The van der Waals surface area contributed by atoms with Crippen LogP contribution in [0.15, 0.2) is 76.2 Å². The number of hydrogen-bond acceptors (Lipinski definition) is 10. The minimum Gasteiger partial charge on any atom is -0.435 e. The van der Waals surface area contributed by atoms with Crippen LogP contribution >= 0.6 is 0 Å². The van der Waals surface area contributed by atoms with Crippen molar-refractivity contribution in [1.29, 1.82) is 0 Å². The molecule has 2 amide bonds. The molecule has 2 aliphatic heterocycles. The Bertz CT molecular complexity index is 1640. The molecule has 216 valence electrons. The summed E-state index contributed by atoms with van der Waals surface area (Å²) in [4.78, 5) is 37.6. The lowest BCUT2D eigenvalue weighted by Gasteiger charge is -2.39. The molecule has 1 atom stereocenters. The van der Waals surface area contributed by atoms with Crippen molar-refractivity contribution in [3.63, 3.8) is 0 Å². The number of amides is 2. The van der Waals surface area contributed by atoms with Crippen LogP contribution in [0.1, 0.15) is 29.0 Å². The third-order valence-electron chi connectivity index (χ3n) is 6.94. The topological polar surface area (TPSA) is 131 Å². The molecule has 3 N–H and O–H groups in total. The van der Waals surface area contributed by atoms with Gasteiger partial charge in [-0.05, 0) is 35.9 Å². The van der Waals surface area contributed by atoms with Crippen LogP contribution in [0, 0.1) is 0 Å². The third-order valence-corrected chi connectivity index (χ3v) is 6.94. The number of oxazole rings is 1. The number of aromatic nitrogens is 2.